The molecule has 3 fully saturated rings. The lowest BCUT2D eigenvalue weighted by Crippen LogP contribution is -2.44. The van der Waals surface area contributed by atoms with Gasteiger partial charge in [-0.1, -0.05) is 12.2 Å². The van der Waals surface area contributed by atoms with Crippen LogP contribution in [-0.4, -0.2) is 80.4 Å². The van der Waals surface area contributed by atoms with Gasteiger partial charge in [-0.05, 0) is 31.6 Å². The predicted molar refractivity (Wildman–Crippen MR) is 124 cm³/mol. The predicted octanol–water partition coefficient (Wildman–Crippen LogP) is 0.00210. The van der Waals surface area contributed by atoms with Gasteiger partial charge in [0.15, 0.2) is 5.96 Å². The highest BCUT2D eigenvalue weighted by Gasteiger charge is 2.58. The van der Waals surface area contributed by atoms with Crippen molar-refractivity contribution in [3.63, 3.8) is 0 Å². The van der Waals surface area contributed by atoms with Crippen LogP contribution in [0.2, 0.25) is 0 Å². The number of rotatable bonds is 7. The summed E-state index contributed by atoms with van der Waals surface area (Å²) in [6, 6.07) is 0. The van der Waals surface area contributed by atoms with Crippen LogP contribution >= 0.6 is 24.0 Å². The molecular formula is C19H30IN5O4S. The third-order valence-corrected chi connectivity index (χ3v) is 8.31. The molecule has 2 aliphatic heterocycles. The lowest BCUT2D eigenvalue weighted by atomic mass is 9.85. The van der Waals surface area contributed by atoms with E-state index >= 15 is 0 Å². The van der Waals surface area contributed by atoms with Crippen molar-refractivity contribution in [3.8, 4) is 0 Å². The number of hydrogen-bond acceptors (Lipinski definition) is 5. The average molecular weight is 551 g/mol. The number of imide groups is 1. The monoisotopic (exact) mass is 551 g/mol. The van der Waals surface area contributed by atoms with E-state index in [1.807, 2.05) is 6.92 Å². The number of nitrogens with zero attached hydrogens (tertiary/aromatic N) is 3. The molecule has 11 heteroatoms. The number of nitrogens with one attached hydrogen (secondary N) is 2. The Hall–Kier alpha value is -1.21. The van der Waals surface area contributed by atoms with Crippen molar-refractivity contribution >= 4 is 51.8 Å². The minimum Gasteiger partial charge on any atom is -0.357 e. The van der Waals surface area contributed by atoms with Gasteiger partial charge in [0.2, 0.25) is 21.8 Å². The van der Waals surface area contributed by atoms with Gasteiger partial charge >= 0.3 is 0 Å². The highest BCUT2D eigenvalue weighted by molar-refractivity contribution is 14.0. The van der Waals surface area contributed by atoms with Crippen LogP contribution in [0.5, 0.6) is 0 Å². The molecule has 0 aromatic carbocycles. The molecule has 30 heavy (non-hydrogen) atoms. The molecule has 1 saturated carbocycles. The van der Waals surface area contributed by atoms with Gasteiger partial charge in [0.25, 0.3) is 0 Å². The number of allylic oxidation sites excluding steroid dienone is 2. The van der Waals surface area contributed by atoms with Crippen molar-refractivity contribution in [1.29, 1.82) is 0 Å². The van der Waals surface area contributed by atoms with E-state index in [0.29, 0.717) is 51.6 Å². The van der Waals surface area contributed by atoms with E-state index in [-0.39, 0.29) is 65.2 Å². The molecule has 2 bridgehead atoms. The normalized spacial score (nSPS) is 31.9. The number of fused-ring (bicyclic) bond motifs is 5. The Morgan fingerprint density at radius 1 is 1.13 bits per heavy atom. The molecule has 9 nitrogen and oxygen atoms in total. The molecule has 0 radical (unpaired) electrons. The van der Waals surface area contributed by atoms with Crippen LogP contribution in [0.25, 0.3) is 0 Å². The summed E-state index contributed by atoms with van der Waals surface area (Å²) in [5.74, 6) is 0.806. The Bertz CT molecular complexity index is 816. The van der Waals surface area contributed by atoms with Crippen molar-refractivity contribution in [1.82, 2.24) is 19.8 Å². The van der Waals surface area contributed by atoms with Gasteiger partial charge in [-0.3, -0.25) is 19.5 Å². The SMILES string of the molecule is CCNC(=NCCN1CCCS1(=O)=O)NCCN1C(=O)C2C3C=CC(C3)C2C1=O.I. The van der Waals surface area contributed by atoms with Crippen molar-refractivity contribution in [2.24, 2.45) is 28.7 Å². The standard InChI is InChI=1S/C19H29N5O4S.HI/c1-2-20-19(21-6-9-23-8-3-11-29(23,27)28)22-7-10-24-17(25)15-13-4-5-14(12-13)16(15)18(24)26;/h4-5,13-16H,2-3,6-12H2,1H3,(H2,20,21,22);1H. The first kappa shape index (κ1) is 23.5. The fourth-order valence-corrected chi connectivity index (χ4v) is 6.55. The Kier molecular flexibility index (Phi) is 7.44. The molecule has 4 rings (SSSR count). The highest BCUT2D eigenvalue weighted by Crippen LogP contribution is 2.52. The van der Waals surface area contributed by atoms with Gasteiger partial charge in [0.05, 0.1) is 24.1 Å². The number of hydrogen-bond donors (Lipinski definition) is 2. The van der Waals surface area contributed by atoms with E-state index < -0.39 is 10.0 Å². The third-order valence-electron chi connectivity index (χ3n) is 6.36. The molecule has 0 aromatic rings. The lowest BCUT2D eigenvalue weighted by Gasteiger charge is -2.19. The summed E-state index contributed by atoms with van der Waals surface area (Å²) in [6.07, 6.45) is 5.79. The number of guanidine groups is 1. The molecule has 2 saturated heterocycles. The van der Waals surface area contributed by atoms with Gasteiger partial charge in [-0.25, -0.2) is 12.7 Å². The van der Waals surface area contributed by atoms with Crippen LogP contribution in [0.3, 0.4) is 0 Å². The second kappa shape index (κ2) is 9.51. The molecule has 2 aliphatic carbocycles. The van der Waals surface area contributed by atoms with Crippen LogP contribution in [0, 0.1) is 23.7 Å². The molecule has 2 heterocycles. The smallest absolute Gasteiger partial charge is 0.233 e. The topological polar surface area (TPSA) is 111 Å². The fourth-order valence-electron chi connectivity index (χ4n) is 5.03. The van der Waals surface area contributed by atoms with Crippen molar-refractivity contribution in [2.45, 2.75) is 19.8 Å². The van der Waals surface area contributed by atoms with E-state index in [4.69, 9.17) is 0 Å². The van der Waals surface area contributed by atoms with Crippen LogP contribution in [0.4, 0.5) is 0 Å². The fraction of sp³-hybridized carbons (Fsp3) is 0.737. The minimum absolute atomic E-state index is 0. The first-order valence-electron chi connectivity index (χ1n) is 10.5. The summed E-state index contributed by atoms with van der Waals surface area (Å²) in [5, 5.41) is 6.26. The second-order valence-corrected chi connectivity index (χ2v) is 10.2. The van der Waals surface area contributed by atoms with Crippen LogP contribution < -0.4 is 10.6 Å². The van der Waals surface area contributed by atoms with Crippen molar-refractivity contribution < 1.29 is 18.0 Å². The van der Waals surface area contributed by atoms with Gasteiger partial charge in [-0.15, -0.1) is 24.0 Å². The third kappa shape index (κ3) is 4.38. The summed E-state index contributed by atoms with van der Waals surface area (Å²) in [6.45, 7) is 4.60. The summed E-state index contributed by atoms with van der Waals surface area (Å²) >= 11 is 0. The van der Waals surface area contributed by atoms with Crippen LogP contribution in [0.1, 0.15) is 19.8 Å². The lowest BCUT2D eigenvalue weighted by molar-refractivity contribution is -0.140. The van der Waals surface area contributed by atoms with E-state index in [0.717, 1.165) is 6.42 Å². The van der Waals surface area contributed by atoms with Crippen LogP contribution in [0.15, 0.2) is 17.1 Å². The molecule has 2 N–H and O–H groups in total. The quantitative estimate of drug-likeness (QED) is 0.152. The Balaban J connectivity index is 0.00000256. The summed E-state index contributed by atoms with van der Waals surface area (Å²) in [7, 11) is -3.11. The largest absolute Gasteiger partial charge is 0.357 e. The minimum atomic E-state index is -3.11. The van der Waals surface area contributed by atoms with E-state index in [1.165, 1.54) is 9.21 Å². The Morgan fingerprint density at radius 3 is 2.37 bits per heavy atom. The number of halogens is 1. The number of likely N-dealkylation sites (tertiary alicyclic amines) is 1. The zero-order valence-electron chi connectivity index (χ0n) is 17.1. The van der Waals surface area contributed by atoms with Crippen LogP contribution in [-0.2, 0) is 19.6 Å². The average Bonchev–Trinajstić information content (AvgIpc) is 3.42. The van der Waals surface area contributed by atoms with E-state index in [2.05, 4.69) is 27.8 Å². The van der Waals surface area contributed by atoms with Gasteiger partial charge in [-0.2, -0.15) is 0 Å². The number of carbonyl (C=O) groups excluding carboxylic acids is 2. The van der Waals surface area contributed by atoms with Gasteiger partial charge < -0.3 is 10.6 Å². The first-order chi connectivity index (χ1) is 13.9. The maximum absolute atomic E-state index is 12.7. The van der Waals surface area contributed by atoms with Crippen molar-refractivity contribution in [3.05, 3.63) is 12.2 Å². The first-order valence-corrected chi connectivity index (χ1v) is 12.1. The maximum Gasteiger partial charge on any atom is 0.233 e. The van der Waals surface area contributed by atoms with E-state index in [1.54, 1.807) is 0 Å². The summed E-state index contributed by atoms with van der Waals surface area (Å²) in [5.41, 5.74) is 0. The molecular weight excluding hydrogens is 521 g/mol. The zero-order chi connectivity index (χ0) is 20.6. The number of aliphatic imine (C=N–C) groups is 1. The number of sulfonamides is 1. The molecule has 4 aliphatic rings. The molecule has 2 amide bonds. The van der Waals surface area contributed by atoms with Gasteiger partial charge in [0.1, 0.15) is 0 Å². The molecule has 4 atom stereocenters. The van der Waals surface area contributed by atoms with E-state index in [9.17, 15) is 18.0 Å². The maximum atomic E-state index is 12.7. The molecule has 0 aromatic heterocycles. The summed E-state index contributed by atoms with van der Waals surface area (Å²) < 4.78 is 25.2. The van der Waals surface area contributed by atoms with Gasteiger partial charge in [0, 0.05) is 32.7 Å². The van der Waals surface area contributed by atoms with Crippen molar-refractivity contribution in [2.75, 3.05) is 45.0 Å². The second-order valence-electron chi connectivity index (χ2n) is 8.08. The molecule has 4 unspecified atom stereocenters. The Labute approximate surface area is 194 Å². The summed E-state index contributed by atoms with van der Waals surface area (Å²) in [4.78, 5) is 31.2. The zero-order valence-corrected chi connectivity index (χ0v) is 20.3. The molecule has 0 spiro atoms. The number of amides is 2. The number of carbonyl (C=O) groups is 2. The Morgan fingerprint density at radius 2 is 1.80 bits per heavy atom. The molecule has 168 valence electrons. The highest BCUT2D eigenvalue weighted by atomic mass is 127.